The molecule has 2 aromatic heterocycles. The van der Waals surface area contributed by atoms with Crippen LogP contribution in [0.5, 0.6) is 5.75 Å². The van der Waals surface area contributed by atoms with E-state index in [0.717, 1.165) is 5.56 Å². The molecule has 0 N–H and O–H groups in total. The summed E-state index contributed by atoms with van der Waals surface area (Å²) >= 11 is 0. The molecule has 0 aliphatic rings. The molecule has 0 saturated carbocycles. The average molecular weight is 190 g/mol. The summed E-state index contributed by atoms with van der Waals surface area (Å²) in [6.07, 6.45) is 4.98. The van der Waals surface area contributed by atoms with Crippen molar-refractivity contribution in [1.82, 2.24) is 19.7 Å². The summed E-state index contributed by atoms with van der Waals surface area (Å²) < 4.78 is 6.81. The van der Waals surface area contributed by atoms with Gasteiger partial charge in [0.15, 0.2) is 5.82 Å². The number of aromatic nitrogens is 4. The molecule has 2 heterocycles. The van der Waals surface area contributed by atoms with Gasteiger partial charge >= 0.3 is 0 Å². The van der Waals surface area contributed by atoms with E-state index < -0.39 is 0 Å². The maximum atomic E-state index is 5.16. The first-order chi connectivity index (χ1) is 6.81. The van der Waals surface area contributed by atoms with Crippen molar-refractivity contribution in [3.8, 4) is 17.1 Å². The van der Waals surface area contributed by atoms with Gasteiger partial charge in [0.1, 0.15) is 12.1 Å². The van der Waals surface area contributed by atoms with Crippen molar-refractivity contribution in [2.24, 2.45) is 7.05 Å². The third kappa shape index (κ3) is 1.44. The fourth-order valence-corrected chi connectivity index (χ4v) is 1.19. The Morgan fingerprint density at radius 1 is 1.43 bits per heavy atom. The zero-order valence-corrected chi connectivity index (χ0v) is 8.01. The summed E-state index contributed by atoms with van der Waals surface area (Å²) in [5.41, 5.74) is 0.850. The molecule has 0 unspecified atom stereocenters. The monoisotopic (exact) mass is 190 g/mol. The van der Waals surface area contributed by atoms with Gasteiger partial charge < -0.3 is 4.74 Å². The van der Waals surface area contributed by atoms with Crippen molar-refractivity contribution in [3.63, 3.8) is 0 Å². The number of methoxy groups -OCH3 is 1. The number of rotatable bonds is 2. The van der Waals surface area contributed by atoms with Crippen molar-refractivity contribution in [2.45, 2.75) is 0 Å². The summed E-state index contributed by atoms with van der Waals surface area (Å²) in [6, 6.07) is 1.83. The topological polar surface area (TPSA) is 52.8 Å². The summed E-state index contributed by atoms with van der Waals surface area (Å²) in [4.78, 5) is 8.10. The number of nitrogens with zero attached hydrogens (tertiary/aromatic N) is 4. The number of ether oxygens (including phenoxy) is 1. The second-order valence-electron chi connectivity index (χ2n) is 2.82. The van der Waals surface area contributed by atoms with Crippen LogP contribution in [0.25, 0.3) is 11.4 Å². The largest absolute Gasteiger partial charge is 0.494 e. The Bertz CT molecular complexity index is 438. The van der Waals surface area contributed by atoms with E-state index in [0.29, 0.717) is 11.6 Å². The summed E-state index contributed by atoms with van der Waals surface area (Å²) in [5.74, 6) is 1.32. The van der Waals surface area contributed by atoms with Crippen LogP contribution >= 0.6 is 0 Å². The van der Waals surface area contributed by atoms with Gasteiger partial charge in [-0.25, -0.2) is 4.98 Å². The molecule has 0 aliphatic carbocycles. The van der Waals surface area contributed by atoms with Gasteiger partial charge in [0.05, 0.1) is 18.9 Å². The Kier molecular flexibility index (Phi) is 2.14. The Morgan fingerprint density at radius 2 is 2.29 bits per heavy atom. The molecule has 0 spiro atoms. The Balaban J connectivity index is 2.50. The maximum absolute atomic E-state index is 5.16. The van der Waals surface area contributed by atoms with Crippen LogP contribution in [0, 0.1) is 0 Å². The molecule has 0 radical (unpaired) electrons. The Hall–Kier alpha value is -1.91. The van der Waals surface area contributed by atoms with Gasteiger partial charge in [0.25, 0.3) is 0 Å². The minimum absolute atomic E-state index is 0.645. The summed E-state index contributed by atoms with van der Waals surface area (Å²) in [5, 5.41) is 4.19. The molecule has 14 heavy (non-hydrogen) atoms. The molecule has 72 valence electrons. The van der Waals surface area contributed by atoms with Gasteiger partial charge in [-0.05, 0) is 6.07 Å². The van der Waals surface area contributed by atoms with Crippen molar-refractivity contribution in [3.05, 3.63) is 24.8 Å². The van der Waals surface area contributed by atoms with Crippen LogP contribution in [0.2, 0.25) is 0 Å². The van der Waals surface area contributed by atoms with E-state index >= 15 is 0 Å². The van der Waals surface area contributed by atoms with Crippen molar-refractivity contribution < 1.29 is 4.74 Å². The van der Waals surface area contributed by atoms with Gasteiger partial charge in [-0.1, -0.05) is 0 Å². The summed E-state index contributed by atoms with van der Waals surface area (Å²) in [6.45, 7) is 0. The second-order valence-corrected chi connectivity index (χ2v) is 2.82. The van der Waals surface area contributed by atoms with Crippen LogP contribution in [-0.4, -0.2) is 26.9 Å². The predicted molar refractivity (Wildman–Crippen MR) is 50.8 cm³/mol. The lowest BCUT2D eigenvalue weighted by Gasteiger charge is -2.02. The molecular weight excluding hydrogens is 180 g/mol. The van der Waals surface area contributed by atoms with E-state index in [1.807, 2.05) is 13.1 Å². The van der Waals surface area contributed by atoms with Crippen molar-refractivity contribution in [2.75, 3.05) is 7.11 Å². The zero-order valence-electron chi connectivity index (χ0n) is 8.01. The van der Waals surface area contributed by atoms with Crippen LogP contribution in [-0.2, 0) is 7.05 Å². The molecule has 2 rings (SSSR count). The van der Waals surface area contributed by atoms with Crippen molar-refractivity contribution in [1.29, 1.82) is 0 Å². The van der Waals surface area contributed by atoms with E-state index in [1.165, 1.54) is 0 Å². The lowest BCUT2D eigenvalue weighted by Crippen LogP contribution is -1.92. The lowest BCUT2D eigenvalue weighted by molar-refractivity contribution is 0.414. The van der Waals surface area contributed by atoms with E-state index in [1.54, 1.807) is 30.5 Å². The van der Waals surface area contributed by atoms with E-state index in [2.05, 4.69) is 15.1 Å². The smallest absolute Gasteiger partial charge is 0.184 e. The average Bonchev–Trinajstić information content (AvgIpc) is 2.65. The maximum Gasteiger partial charge on any atom is 0.184 e. The number of hydrogen-bond donors (Lipinski definition) is 0. The van der Waals surface area contributed by atoms with Gasteiger partial charge in [-0.15, -0.1) is 0 Å². The zero-order chi connectivity index (χ0) is 9.97. The van der Waals surface area contributed by atoms with E-state index in [9.17, 15) is 0 Å². The molecule has 5 heteroatoms. The molecule has 0 bridgehead atoms. The number of pyridine rings is 1. The molecule has 2 aromatic rings. The van der Waals surface area contributed by atoms with Crippen LogP contribution in [0.3, 0.4) is 0 Å². The summed E-state index contributed by atoms with van der Waals surface area (Å²) in [7, 11) is 3.42. The van der Waals surface area contributed by atoms with Gasteiger partial charge in [-0.2, -0.15) is 5.10 Å². The van der Waals surface area contributed by atoms with Crippen LogP contribution in [0.1, 0.15) is 0 Å². The molecule has 5 nitrogen and oxygen atoms in total. The first-order valence-electron chi connectivity index (χ1n) is 4.15. The first-order valence-corrected chi connectivity index (χ1v) is 4.15. The third-order valence-electron chi connectivity index (χ3n) is 1.84. The third-order valence-corrected chi connectivity index (χ3v) is 1.84. The van der Waals surface area contributed by atoms with E-state index in [4.69, 9.17) is 4.74 Å². The SMILES string of the molecule is COc1cnccc1-c1ncn(C)n1. The normalized spacial score (nSPS) is 10.1. The minimum Gasteiger partial charge on any atom is -0.494 e. The van der Waals surface area contributed by atoms with Gasteiger partial charge in [0.2, 0.25) is 0 Å². The van der Waals surface area contributed by atoms with Crippen LogP contribution in [0.15, 0.2) is 24.8 Å². The predicted octanol–water partition coefficient (Wildman–Crippen LogP) is 0.886. The quantitative estimate of drug-likeness (QED) is 0.705. The van der Waals surface area contributed by atoms with Crippen LogP contribution in [0.4, 0.5) is 0 Å². The fourth-order valence-electron chi connectivity index (χ4n) is 1.19. The molecule has 0 saturated heterocycles. The van der Waals surface area contributed by atoms with Crippen molar-refractivity contribution >= 4 is 0 Å². The molecule has 0 aliphatic heterocycles. The first kappa shape index (κ1) is 8.68. The Morgan fingerprint density at radius 3 is 2.93 bits per heavy atom. The second kappa shape index (κ2) is 3.45. The fraction of sp³-hybridized carbons (Fsp3) is 0.222. The number of hydrogen-bond acceptors (Lipinski definition) is 4. The molecular formula is C9H10N4O. The highest BCUT2D eigenvalue weighted by Gasteiger charge is 2.08. The Labute approximate surface area is 81.4 Å². The molecule has 0 aromatic carbocycles. The van der Waals surface area contributed by atoms with E-state index in [-0.39, 0.29) is 0 Å². The highest BCUT2D eigenvalue weighted by Crippen LogP contribution is 2.24. The van der Waals surface area contributed by atoms with Gasteiger partial charge in [0, 0.05) is 13.2 Å². The highest BCUT2D eigenvalue weighted by molar-refractivity contribution is 5.62. The minimum atomic E-state index is 0.645. The standard InChI is InChI=1S/C9H10N4O/c1-13-6-11-9(12-13)7-3-4-10-5-8(7)14-2/h3-6H,1-2H3. The lowest BCUT2D eigenvalue weighted by atomic mass is 10.2. The molecule has 0 amide bonds. The molecule has 0 atom stereocenters. The number of aryl methyl sites for hydroxylation is 1. The molecule has 0 fully saturated rings. The van der Waals surface area contributed by atoms with Gasteiger partial charge in [-0.3, -0.25) is 9.67 Å². The van der Waals surface area contributed by atoms with Crippen LogP contribution < -0.4 is 4.74 Å². The highest BCUT2D eigenvalue weighted by atomic mass is 16.5.